The lowest BCUT2D eigenvalue weighted by molar-refractivity contribution is -0.139. The van der Waals surface area contributed by atoms with Gasteiger partial charge in [0.25, 0.3) is 5.91 Å². The highest BCUT2D eigenvalue weighted by Gasteiger charge is 2.28. The zero-order valence-electron chi connectivity index (χ0n) is 13.4. The van der Waals surface area contributed by atoms with Crippen molar-refractivity contribution >= 4 is 5.91 Å². The van der Waals surface area contributed by atoms with Crippen molar-refractivity contribution in [2.24, 2.45) is 0 Å². The summed E-state index contributed by atoms with van der Waals surface area (Å²) in [5.74, 6) is 0.668. The third kappa shape index (κ3) is 3.49. The van der Waals surface area contributed by atoms with Gasteiger partial charge in [-0.15, -0.1) is 5.10 Å². The van der Waals surface area contributed by atoms with Gasteiger partial charge in [0.2, 0.25) is 0 Å². The minimum Gasteiger partial charge on any atom is -0.484 e. The van der Waals surface area contributed by atoms with Crippen molar-refractivity contribution in [2.75, 3.05) is 6.61 Å². The first-order valence-corrected chi connectivity index (χ1v) is 7.92. The van der Waals surface area contributed by atoms with Crippen LogP contribution in [0.1, 0.15) is 33.1 Å². The SMILES string of the molecule is CC1CCCC(C)N1C(=O)COc1cccc(-n2cnnn2)c1. The molecule has 1 aliphatic rings. The predicted molar refractivity (Wildman–Crippen MR) is 84.3 cm³/mol. The van der Waals surface area contributed by atoms with Crippen molar-refractivity contribution in [3.63, 3.8) is 0 Å². The van der Waals surface area contributed by atoms with Crippen molar-refractivity contribution in [3.8, 4) is 11.4 Å². The van der Waals surface area contributed by atoms with Crippen LogP contribution in [0.25, 0.3) is 5.69 Å². The van der Waals surface area contributed by atoms with Crippen molar-refractivity contribution in [1.29, 1.82) is 0 Å². The second-order valence-electron chi connectivity index (χ2n) is 5.97. The molecule has 0 N–H and O–H groups in total. The van der Waals surface area contributed by atoms with E-state index in [1.165, 1.54) is 12.7 Å². The molecule has 0 bridgehead atoms. The van der Waals surface area contributed by atoms with Gasteiger partial charge in [-0.3, -0.25) is 4.79 Å². The molecule has 1 aromatic carbocycles. The molecule has 7 nitrogen and oxygen atoms in total. The molecule has 3 rings (SSSR count). The smallest absolute Gasteiger partial charge is 0.260 e. The maximum Gasteiger partial charge on any atom is 0.260 e. The molecule has 2 atom stereocenters. The summed E-state index contributed by atoms with van der Waals surface area (Å²) in [5, 5.41) is 11.1. The Morgan fingerprint density at radius 1 is 1.30 bits per heavy atom. The van der Waals surface area contributed by atoms with E-state index in [1.54, 1.807) is 4.68 Å². The molecule has 23 heavy (non-hydrogen) atoms. The van der Waals surface area contributed by atoms with Gasteiger partial charge >= 0.3 is 0 Å². The summed E-state index contributed by atoms with van der Waals surface area (Å²) in [7, 11) is 0. The Bertz CT molecular complexity index is 648. The fraction of sp³-hybridized carbons (Fsp3) is 0.500. The molecule has 0 aliphatic carbocycles. The molecule has 0 spiro atoms. The molecule has 122 valence electrons. The summed E-state index contributed by atoms with van der Waals surface area (Å²) in [4.78, 5) is 14.4. The zero-order valence-corrected chi connectivity index (χ0v) is 13.4. The monoisotopic (exact) mass is 315 g/mol. The molecule has 0 radical (unpaired) electrons. The van der Waals surface area contributed by atoms with Crippen LogP contribution in [-0.2, 0) is 4.79 Å². The number of carbonyl (C=O) groups is 1. The number of nitrogens with zero attached hydrogens (tertiary/aromatic N) is 5. The fourth-order valence-electron chi connectivity index (χ4n) is 3.13. The molecule has 1 saturated heterocycles. The quantitative estimate of drug-likeness (QED) is 0.860. The number of piperidine rings is 1. The van der Waals surface area contributed by atoms with Crippen LogP contribution >= 0.6 is 0 Å². The van der Waals surface area contributed by atoms with Crippen molar-refractivity contribution in [2.45, 2.75) is 45.2 Å². The Morgan fingerprint density at radius 3 is 2.78 bits per heavy atom. The first-order valence-electron chi connectivity index (χ1n) is 7.92. The maximum atomic E-state index is 12.5. The Labute approximate surface area is 135 Å². The predicted octanol–water partition coefficient (Wildman–Crippen LogP) is 1.83. The number of hydrogen-bond acceptors (Lipinski definition) is 5. The number of hydrogen-bond donors (Lipinski definition) is 0. The van der Waals surface area contributed by atoms with Crippen LogP contribution in [0.2, 0.25) is 0 Å². The molecular weight excluding hydrogens is 294 g/mol. The summed E-state index contributed by atoms with van der Waals surface area (Å²) in [6, 6.07) is 7.92. The van der Waals surface area contributed by atoms with Gasteiger partial charge in [-0.2, -0.15) is 0 Å². The summed E-state index contributed by atoms with van der Waals surface area (Å²) in [6.07, 6.45) is 4.82. The van der Waals surface area contributed by atoms with E-state index < -0.39 is 0 Å². The Balaban J connectivity index is 1.64. The highest BCUT2D eigenvalue weighted by atomic mass is 16.5. The third-order valence-corrected chi connectivity index (χ3v) is 4.28. The molecular formula is C16H21N5O2. The minimum absolute atomic E-state index is 0.0394. The summed E-state index contributed by atoms with van der Waals surface area (Å²) < 4.78 is 7.23. The van der Waals surface area contributed by atoms with Crippen LogP contribution in [0.5, 0.6) is 5.75 Å². The highest BCUT2D eigenvalue weighted by Crippen LogP contribution is 2.23. The number of ether oxygens (including phenoxy) is 1. The average molecular weight is 315 g/mol. The normalized spacial score (nSPS) is 21.2. The highest BCUT2D eigenvalue weighted by molar-refractivity contribution is 5.78. The first kappa shape index (κ1) is 15.5. The minimum atomic E-state index is 0.0394. The topological polar surface area (TPSA) is 73.1 Å². The van der Waals surface area contributed by atoms with Crippen LogP contribution in [-0.4, -0.2) is 49.7 Å². The summed E-state index contributed by atoms with van der Waals surface area (Å²) in [6.45, 7) is 4.26. The Morgan fingerprint density at radius 2 is 2.09 bits per heavy atom. The van der Waals surface area contributed by atoms with Crippen LogP contribution < -0.4 is 4.74 Å². The second-order valence-corrected chi connectivity index (χ2v) is 5.97. The van der Waals surface area contributed by atoms with E-state index in [-0.39, 0.29) is 24.6 Å². The first-order chi connectivity index (χ1) is 11.1. The van der Waals surface area contributed by atoms with E-state index in [0.717, 1.165) is 18.5 Å². The molecule has 1 aromatic heterocycles. The average Bonchev–Trinajstić information content (AvgIpc) is 3.07. The number of benzene rings is 1. The van der Waals surface area contributed by atoms with Gasteiger partial charge in [0.15, 0.2) is 6.61 Å². The Kier molecular flexibility index (Phi) is 4.55. The molecule has 1 amide bonds. The number of tetrazole rings is 1. The van der Waals surface area contributed by atoms with Gasteiger partial charge < -0.3 is 9.64 Å². The van der Waals surface area contributed by atoms with Gasteiger partial charge in [-0.1, -0.05) is 6.07 Å². The van der Waals surface area contributed by atoms with E-state index in [1.807, 2.05) is 29.2 Å². The molecule has 1 aliphatic heterocycles. The van der Waals surface area contributed by atoms with Crippen LogP contribution in [0.15, 0.2) is 30.6 Å². The second kappa shape index (κ2) is 6.76. The lowest BCUT2D eigenvalue weighted by Crippen LogP contribution is -2.49. The number of aromatic nitrogens is 4. The van der Waals surface area contributed by atoms with Crippen molar-refractivity contribution < 1.29 is 9.53 Å². The molecule has 7 heteroatoms. The van der Waals surface area contributed by atoms with E-state index >= 15 is 0 Å². The molecule has 2 unspecified atom stereocenters. The summed E-state index contributed by atoms with van der Waals surface area (Å²) in [5.41, 5.74) is 0.791. The van der Waals surface area contributed by atoms with E-state index in [9.17, 15) is 4.79 Å². The van der Waals surface area contributed by atoms with Crippen LogP contribution in [0, 0.1) is 0 Å². The van der Waals surface area contributed by atoms with Gasteiger partial charge in [0.05, 0.1) is 5.69 Å². The Hall–Kier alpha value is -2.44. The van der Waals surface area contributed by atoms with Crippen molar-refractivity contribution in [1.82, 2.24) is 25.1 Å². The molecule has 2 heterocycles. The lowest BCUT2D eigenvalue weighted by Gasteiger charge is -2.38. The summed E-state index contributed by atoms with van der Waals surface area (Å²) >= 11 is 0. The zero-order chi connectivity index (χ0) is 16.2. The lowest BCUT2D eigenvalue weighted by atomic mass is 9.97. The van der Waals surface area contributed by atoms with Gasteiger partial charge in [-0.25, -0.2) is 4.68 Å². The molecule has 2 aromatic rings. The standard InChI is InChI=1S/C16H21N5O2/c1-12-5-3-6-13(2)21(12)16(22)10-23-15-8-4-7-14(9-15)20-11-17-18-19-20/h4,7-9,11-13H,3,5-6,10H2,1-2H3. The number of carbonyl (C=O) groups excluding carboxylic acids is 1. The van der Waals surface area contributed by atoms with Gasteiger partial charge in [0, 0.05) is 18.2 Å². The number of rotatable bonds is 4. The molecule has 0 saturated carbocycles. The fourth-order valence-corrected chi connectivity index (χ4v) is 3.13. The largest absolute Gasteiger partial charge is 0.484 e. The maximum absolute atomic E-state index is 12.5. The third-order valence-electron chi connectivity index (χ3n) is 4.28. The van der Waals surface area contributed by atoms with E-state index in [2.05, 4.69) is 29.4 Å². The van der Waals surface area contributed by atoms with E-state index in [4.69, 9.17) is 4.74 Å². The van der Waals surface area contributed by atoms with Gasteiger partial charge in [-0.05, 0) is 55.7 Å². The van der Waals surface area contributed by atoms with Crippen molar-refractivity contribution in [3.05, 3.63) is 30.6 Å². The number of likely N-dealkylation sites (tertiary alicyclic amines) is 1. The number of amides is 1. The van der Waals surface area contributed by atoms with Gasteiger partial charge in [0.1, 0.15) is 12.1 Å². The van der Waals surface area contributed by atoms with E-state index in [0.29, 0.717) is 5.75 Å². The molecule has 1 fully saturated rings. The van der Waals surface area contributed by atoms with Crippen LogP contribution in [0.3, 0.4) is 0 Å². The van der Waals surface area contributed by atoms with Crippen LogP contribution in [0.4, 0.5) is 0 Å².